The highest BCUT2D eigenvalue weighted by atomic mass is 32.1. The minimum Gasteiger partial charge on any atom is -0.497 e. The van der Waals surface area contributed by atoms with E-state index in [0.29, 0.717) is 27.6 Å². The predicted molar refractivity (Wildman–Crippen MR) is 67.0 cm³/mol. The van der Waals surface area contributed by atoms with Crippen molar-refractivity contribution in [3.63, 3.8) is 0 Å². The molecule has 1 amide bonds. The van der Waals surface area contributed by atoms with Crippen molar-refractivity contribution < 1.29 is 14.3 Å². The zero-order chi connectivity index (χ0) is 13.1. The van der Waals surface area contributed by atoms with Crippen LogP contribution in [0, 0.1) is 0 Å². The number of benzene rings is 1. The lowest BCUT2D eigenvalue weighted by atomic mass is 10.1. The molecule has 0 aliphatic rings. The molecule has 0 bridgehead atoms. The summed E-state index contributed by atoms with van der Waals surface area (Å²) < 4.78 is 14.1. The van der Waals surface area contributed by atoms with Crippen molar-refractivity contribution in [3.05, 3.63) is 23.1 Å². The van der Waals surface area contributed by atoms with Crippen molar-refractivity contribution in [1.82, 2.24) is 9.59 Å². The van der Waals surface area contributed by atoms with Gasteiger partial charge in [0.25, 0.3) is 5.91 Å². The first-order valence-electron chi connectivity index (χ1n) is 5.02. The number of ether oxygens (including phenoxy) is 2. The second-order valence-corrected chi connectivity index (χ2v) is 4.14. The summed E-state index contributed by atoms with van der Waals surface area (Å²) in [7, 11) is 3.09. The molecule has 0 unspecified atom stereocenters. The molecule has 1 aromatic heterocycles. The Morgan fingerprint density at radius 3 is 2.72 bits per heavy atom. The molecule has 1 aromatic carbocycles. The first kappa shape index (κ1) is 12.3. The van der Waals surface area contributed by atoms with Crippen molar-refractivity contribution in [2.24, 2.45) is 5.73 Å². The van der Waals surface area contributed by atoms with Gasteiger partial charge in [0.05, 0.1) is 14.2 Å². The average Bonchev–Trinajstić information content (AvgIpc) is 2.87. The van der Waals surface area contributed by atoms with E-state index in [1.54, 1.807) is 25.3 Å². The fourth-order valence-corrected chi connectivity index (χ4v) is 2.05. The lowest BCUT2D eigenvalue weighted by Gasteiger charge is -2.08. The Morgan fingerprint density at radius 2 is 2.11 bits per heavy atom. The summed E-state index contributed by atoms with van der Waals surface area (Å²) in [5.74, 6) is 0.641. The predicted octanol–water partition coefficient (Wildman–Crippen LogP) is 1.32. The monoisotopic (exact) mass is 265 g/mol. The molecule has 2 rings (SSSR count). The zero-order valence-electron chi connectivity index (χ0n) is 9.84. The molecule has 2 aromatic rings. The number of nitrogens with two attached hydrogens (primary N) is 1. The van der Waals surface area contributed by atoms with Crippen LogP contribution in [0.4, 0.5) is 0 Å². The highest BCUT2D eigenvalue weighted by Crippen LogP contribution is 2.34. The van der Waals surface area contributed by atoms with E-state index in [4.69, 9.17) is 15.2 Å². The van der Waals surface area contributed by atoms with E-state index >= 15 is 0 Å². The van der Waals surface area contributed by atoms with Crippen LogP contribution in [-0.4, -0.2) is 29.7 Å². The van der Waals surface area contributed by atoms with Crippen LogP contribution in [-0.2, 0) is 0 Å². The normalized spacial score (nSPS) is 10.1. The molecule has 0 aliphatic heterocycles. The molecular weight excluding hydrogens is 254 g/mol. The van der Waals surface area contributed by atoms with Gasteiger partial charge in [0.15, 0.2) is 0 Å². The highest BCUT2D eigenvalue weighted by molar-refractivity contribution is 7.08. The molecule has 0 saturated carbocycles. The van der Waals surface area contributed by atoms with Gasteiger partial charge in [-0.15, -0.1) is 5.10 Å². The molecule has 1 heterocycles. The van der Waals surface area contributed by atoms with Crippen LogP contribution >= 0.6 is 11.5 Å². The molecule has 0 saturated heterocycles. The van der Waals surface area contributed by atoms with Gasteiger partial charge in [-0.05, 0) is 23.7 Å². The minimum absolute atomic E-state index is 0.304. The maximum atomic E-state index is 11.3. The van der Waals surface area contributed by atoms with Gasteiger partial charge in [0, 0.05) is 11.6 Å². The average molecular weight is 265 g/mol. The van der Waals surface area contributed by atoms with Gasteiger partial charge in [-0.1, -0.05) is 4.49 Å². The van der Waals surface area contributed by atoms with Crippen molar-refractivity contribution in [1.29, 1.82) is 0 Å². The van der Waals surface area contributed by atoms with Crippen LogP contribution in [0.15, 0.2) is 18.2 Å². The first-order valence-corrected chi connectivity index (χ1v) is 5.79. The molecule has 0 spiro atoms. The number of methoxy groups -OCH3 is 2. The van der Waals surface area contributed by atoms with Crippen LogP contribution < -0.4 is 15.2 Å². The van der Waals surface area contributed by atoms with Crippen LogP contribution in [0.1, 0.15) is 9.67 Å². The summed E-state index contributed by atoms with van der Waals surface area (Å²) in [4.78, 5) is 11.6. The molecule has 2 N–H and O–H groups in total. The van der Waals surface area contributed by atoms with E-state index < -0.39 is 5.91 Å². The van der Waals surface area contributed by atoms with E-state index in [2.05, 4.69) is 9.59 Å². The Labute approximate surface area is 108 Å². The van der Waals surface area contributed by atoms with Gasteiger partial charge < -0.3 is 15.2 Å². The van der Waals surface area contributed by atoms with Crippen LogP contribution in [0.3, 0.4) is 0 Å². The van der Waals surface area contributed by atoms with E-state index in [0.717, 1.165) is 11.5 Å². The fourth-order valence-electron chi connectivity index (χ4n) is 1.52. The molecule has 94 valence electrons. The van der Waals surface area contributed by atoms with Crippen LogP contribution in [0.25, 0.3) is 11.3 Å². The van der Waals surface area contributed by atoms with E-state index in [9.17, 15) is 4.79 Å². The molecular formula is C11H11N3O3S. The second-order valence-electron chi connectivity index (χ2n) is 3.38. The largest absolute Gasteiger partial charge is 0.497 e. The van der Waals surface area contributed by atoms with Gasteiger partial charge >= 0.3 is 0 Å². The Kier molecular flexibility index (Phi) is 3.42. The van der Waals surface area contributed by atoms with Crippen molar-refractivity contribution >= 4 is 17.4 Å². The molecule has 7 heteroatoms. The lowest BCUT2D eigenvalue weighted by molar-refractivity contribution is 0.100. The molecule has 0 aliphatic carbocycles. The third kappa shape index (κ3) is 2.12. The van der Waals surface area contributed by atoms with Gasteiger partial charge in [0.1, 0.15) is 22.1 Å². The Bertz CT molecular complexity index is 583. The number of carbonyl (C=O) groups is 1. The van der Waals surface area contributed by atoms with Gasteiger partial charge in [-0.2, -0.15) is 0 Å². The second kappa shape index (κ2) is 5.01. The van der Waals surface area contributed by atoms with Crippen LogP contribution in [0.2, 0.25) is 0 Å². The molecule has 0 fully saturated rings. The summed E-state index contributed by atoms with van der Waals surface area (Å²) in [5, 5.41) is 3.92. The SMILES string of the molecule is COc1ccc(-c2nnsc2C(N)=O)c(OC)c1. The third-order valence-corrected chi connectivity index (χ3v) is 3.12. The van der Waals surface area contributed by atoms with E-state index in [1.807, 2.05) is 0 Å². The zero-order valence-corrected chi connectivity index (χ0v) is 10.7. The van der Waals surface area contributed by atoms with E-state index in [1.165, 1.54) is 7.11 Å². The molecule has 18 heavy (non-hydrogen) atoms. The number of amides is 1. The number of hydrogen-bond acceptors (Lipinski definition) is 6. The number of primary amides is 1. The summed E-state index contributed by atoms with van der Waals surface area (Å²) in [6.45, 7) is 0. The Balaban J connectivity index is 2.56. The summed E-state index contributed by atoms with van der Waals surface area (Å²) in [5.41, 5.74) is 6.35. The van der Waals surface area contributed by atoms with Crippen LogP contribution in [0.5, 0.6) is 11.5 Å². The quantitative estimate of drug-likeness (QED) is 0.900. The number of aromatic nitrogens is 2. The van der Waals surface area contributed by atoms with Gasteiger partial charge in [-0.3, -0.25) is 4.79 Å². The maximum Gasteiger partial charge on any atom is 0.262 e. The molecule has 0 atom stereocenters. The Hall–Kier alpha value is -2.15. The lowest BCUT2D eigenvalue weighted by Crippen LogP contribution is -2.10. The van der Waals surface area contributed by atoms with Crippen molar-refractivity contribution in [3.8, 4) is 22.8 Å². The topological polar surface area (TPSA) is 87.3 Å². The highest BCUT2D eigenvalue weighted by Gasteiger charge is 2.18. The van der Waals surface area contributed by atoms with Crippen molar-refractivity contribution in [2.45, 2.75) is 0 Å². The summed E-state index contributed by atoms with van der Waals surface area (Å²) in [6, 6.07) is 5.21. The van der Waals surface area contributed by atoms with E-state index in [-0.39, 0.29) is 0 Å². The van der Waals surface area contributed by atoms with Gasteiger partial charge in [-0.25, -0.2) is 0 Å². The minimum atomic E-state index is -0.558. The molecule has 0 radical (unpaired) electrons. The van der Waals surface area contributed by atoms with Gasteiger partial charge in [0.2, 0.25) is 0 Å². The summed E-state index contributed by atoms with van der Waals surface area (Å²) >= 11 is 0.959. The number of nitrogens with zero attached hydrogens (tertiary/aromatic N) is 2. The standard InChI is InChI=1S/C11H11N3O3S/c1-16-6-3-4-7(8(5-6)17-2)9-10(11(12)15)18-14-13-9/h3-5H,1-2H3,(H2,12,15). The number of rotatable bonds is 4. The maximum absolute atomic E-state index is 11.3. The molecule has 6 nitrogen and oxygen atoms in total. The smallest absolute Gasteiger partial charge is 0.262 e. The Morgan fingerprint density at radius 1 is 1.33 bits per heavy atom. The first-order chi connectivity index (χ1) is 8.67. The number of hydrogen-bond donors (Lipinski definition) is 1. The fraction of sp³-hybridized carbons (Fsp3) is 0.182. The third-order valence-electron chi connectivity index (χ3n) is 2.38. The number of carbonyl (C=O) groups excluding carboxylic acids is 1. The van der Waals surface area contributed by atoms with Crippen molar-refractivity contribution in [2.75, 3.05) is 14.2 Å². The summed E-state index contributed by atoms with van der Waals surface area (Å²) in [6.07, 6.45) is 0.